The molecular formula is C15H15NO. The fourth-order valence-electron chi connectivity index (χ4n) is 2.52. The number of rotatable bonds is 1. The highest BCUT2D eigenvalue weighted by atomic mass is 16.5. The molecule has 1 aliphatic heterocycles. The molecule has 2 heteroatoms. The third-order valence-corrected chi connectivity index (χ3v) is 3.53. The third kappa shape index (κ3) is 1.38. The second kappa shape index (κ2) is 3.60. The molecule has 0 radical (unpaired) electrons. The first-order valence-corrected chi connectivity index (χ1v) is 5.83. The number of hydrogen-bond donors (Lipinski definition) is 1. The van der Waals surface area contributed by atoms with Crippen molar-refractivity contribution in [1.29, 1.82) is 0 Å². The van der Waals surface area contributed by atoms with E-state index in [4.69, 9.17) is 10.5 Å². The largest absolute Gasteiger partial charge is 0.488 e. The van der Waals surface area contributed by atoms with Crippen molar-refractivity contribution in [3.8, 4) is 5.75 Å². The van der Waals surface area contributed by atoms with Crippen molar-refractivity contribution in [3.63, 3.8) is 0 Å². The number of para-hydroxylation sites is 1. The van der Waals surface area contributed by atoms with Gasteiger partial charge in [-0.1, -0.05) is 48.5 Å². The fourth-order valence-corrected chi connectivity index (χ4v) is 2.52. The van der Waals surface area contributed by atoms with E-state index in [-0.39, 0.29) is 6.10 Å². The molecule has 1 aliphatic rings. The molecule has 0 bridgehead atoms. The monoisotopic (exact) mass is 225 g/mol. The second-order valence-corrected chi connectivity index (χ2v) is 4.49. The van der Waals surface area contributed by atoms with E-state index in [0.29, 0.717) is 0 Å². The molecule has 0 saturated carbocycles. The van der Waals surface area contributed by atoms with Crippen molar-refractivity contribution in [2.45, 2.75) is 18.6 Å². The minimum Gasteiger partial charge on any atom is -0.488 e. The van der Waals surface area contributed by atoms with Gasteiger partial charge in [0.1, 0.15) is 17.4 Å². The quantitative estimate of drug-likeness (QED) is 0.809. The van der Waals surface area contributed by atoms with Gasteiger partial charge in [-0.3, -0.25) is 0 Å². The van der Waals surface area contributed by atoms with Gasteiger partial charge in [0, 0.05) is 5.56 Å². The predicted molar refractivity (Wildman–Crippen MR) is 67.9 cm³/mol. The molecule has 3 rings (SSSR count). The van der Waals surface area contributed by atoms with Crippen LogP contribution >= 0.6 is 0 Å². The lowest BCUT2D eigenvalue weighted by molar-refractivity contribution is 0.190. The maximum atomic E-state index is 6.61. The van der Waals surface area contributed by atoms with Crippen molar-refractivity contribution < 1.29 is 4.74 Å². The van der Waals surface area contributed by atoms with Crippen molar-refractivity contribution in [2.24, 2.45) is 5.73 Å². The first-order valence-electron chi connectivity index (χ1n) is 5.83. The Hall–Kier alpha value is -1.80. The zero-order valence-corrected chi connectivity index (χ0v) is 9.76. The van der Waals surface area contributed by atoms with Gasteiger partial charge in [0.15, 0.2) is 0 Å². The molecule has 0 amide bonds. The highest BCUT2D eigenvalue weighted by Crippen LogP contribution is 2.43. The number of benzene rings is 2. The molecule has 2 aromatic carbocycles. The zero-order chi connectivity index (χ0) is 11.9. The van der Waals surface area contributed by atoms with Crippen molar-refractivity contribution in [2.75, 3.05) is 0 Å². The van der Waals surface area contributed by atoms with Crippen LogP contribution in [0.5, 0.6) is 5.75 Å². The van der Waals surface area contributed by atoms with Crippen molar-refractivity contribution >= 4 is 0 Å². The lowest BCUT2D eigenvalue weighted by Crippen LogP contribution is -2.45. The summed E-state index contributed by atoms with van der Waals surface area (Å²) in [5, 5.41) is 0. The fraction of sp³-hybridized carbons (Fsp3) is 0.200. The van der Waals surface area contributed by atoms with Crippen molar-refractivity contribution in [3.05, 3.63) is 65.7 Å². The highest BCUT2D eigenvalue weighted by Gasteiger charge is 2.44. The van der Waals surface area contributed by atoms with Crippen molar-refractivity contribution in [1.82, 2.24) is 0 Å². The molecule has 86 valence electrons. The Morgan fingerprint density at radius 1 is 1.00 bits per heavy atom. The van der Waals surface area contributed by atoms with Crippen LogP contribution in [0.3, 0.4) is 0 Å². The van der Waals surface area contributed by atoms with Gasteiger partial charge in [-0.15, -0.1) is 0 Å². The van der Waals surface area contributed by atoms with E-state index in [2.05, 4.69) is 12.1 Å². The normalized spacial score (nSPS) is 26.4. The average molecular weight is 225 g/mol. The second-order valence-electron chi connectivity index (χ2n) is 4.49. The summed E-state index contributed by atoms with van der Waals surface area (Å²) in [5.74, 6) is 0.895. The molecule has 2 aromatic rings. The molecule has 2 nitrogen and oxygen atoms in total. The van der Waals surface area contributed by atoms with E-state index in [9.17, 15) is 0 Å². The molecule has 0 spiro atoms. The summed E-state index contributed by atoms with van der Waals surface area (Å²) in [4.78, 5) is 0. The molecule has 0 saturated heterocycles. The van der Waals surface area contributed by atoms with Gasteiger partial charge >= 0.3 is 0 Å². The van der Waals surface area contributed by atoms with Crippen LogP contribution in [0.15, 0.2) is 54.6 Å². The Morgan fingerprint density at radius 3 is 2.41 bits per heavy atom. The highest BCUT2D eigenvalue weighted by molar-refractivity contribution is 5.50. The van der Waals surface area contributed by atoms with Crippen LogP contribution in [0.25, 0.3) is 0 Å². The van der Waals surface area contributed by atoms with Gasteiger partial charge in [0.25, 0.3) is 0 Å². The Balaban J connectivity index is 2.20. The lowest BCUT2D eigenvalue weighted by Gasteiger charge is -2.28. The van der Waals surface area contributed by atoms with Crippen LogP contribution in [0.4, 0.5) is 0 Å². The average Bonchev–Trinajstić information content (AvgIpc) is 2.64. The van der Waals surface area contributed by atoms with Gasteiger partial charge in [0.2, 0.25) is 0 Å². The summed E-state index contributed by atoms with van der Waals surface area (Å²) in [5.41, 5.74) is 8.23. The van der Waals surface area contributed by atoms with Gasteiger partial charge < -0.3 is 10.5 Å². The van der Waals surface area contributed by atoms with E-state index >= 15 is 0 Å². The summed E-state index contributed by atoms with van der Waals surface area (Å²) in [6.07, 6.45) is -0.0534. The Bertz CT molecular complexity index is 538. The minimum absolute atomic E-state index is 0.0534. The Morgan fingerprint density at radius 2 is 1.65 bits per heavy atom. The molecular weight excluding hydrogens is 210 g/mol. The SMILES string of the molecule is C[C@@H]1Oc2ccccc2[C@]1(N)c1ccccc1. The number of nitrogens with two attached hydrogens (primary N) is 1. The van der Waals surface area contributed by atoms with E-state index in [1.165, 1.54) is 0 Å². The molecule has 0 aliphatic carbocycles. The van der Waals surface area contributed by atoms with Gasteiger partial charge in [-0.25, -0.2) is 0 Å². The van der Waals surface area contributed by atoms with E-state index in [1.54, 1.807) is 0 Å². The van der Waals surface area contributed by atoms with Crippen LogP contribution in [0, 0.1) is 0 Å². The molecule has 17 heavy (non-hydrogen) atoms. The molecule has 0 fully saturated rings. The maximum Gasteiger partial charge on any atom is 0.125 e. The van der Waals surface area contributed by atoms with Crippen LogP contribution in [-0.4, -0.2) is 6.10 Å². The Labute approximate surface area is 101 Å². The Kier molecular flexibility index (Phi) is 2.20. The van der Waals surface area contributed by atoms with Crippen LogP contribution < -0.4 is 10.5 Å². The minimum atomic E-state index is -0.544. The van der Waals surface area contributed by atoms with Crippen LogP contribution in [0.2, 0.25) is 0 Å². The van der Waals surface area contributed by atoms with E-state index in [1.807, 2.05) is 49.4 Å². The molecule has 1 heterocycles. The number of fused-ring (bicyclic) bond motifs is 1. The molecule has 0 aromatic heterocycles. The van der Waals surface area contributed by atoms with Gasteiger partial charge in [-0.05, 0) is 18.6 Å². The van der Waals surface area contributed by atoms with Crippen LogP contribution in [-0.2, 0) is 5.54 Å². The topological polar surface area (TPSA) is 35.2 Å². The lowest BCUT2D eigenvalue weighted by atomic mass is 9.81. The zero-order valence-electron chi connectivity index (χ0n) is 9.76. The molecule has 0 unspecified atom stereocenters. The number of ether oxygens (including phenoxy) is 1. The molecule has 2 N–H and O–H groups in total. The summed E-state index contributed by atoms with van der Waals surface area (Å²) < 4.78 is 5.85. The van der Waals surface area contributed by atoms with E-state index < -0.39 is 5.54 Å². The first kappa shape index (κ1) is 10.4. The first-order chi connectivity index (χ1) is 8.23. The van der Waals surface area contributed by atoms with E-state index in [0.717, 1.165) is 16.9 Å². The van der Waals surface area contributed by atoms with Gasteiger partial charge in [-0.2, -0.15) is 0 Å². The van der Waals surface area contributed by atoms with Crippen LogP contribution in [0.1, 0.15) is 18.1 Å². The van der Waals surface area contributed by atoms with Gasteiger partial charge in [0.05, 0.1) is 0 Å². The number of hydrogen-bond acceptors (Lipinski definition) is 2. The summed E-state index contributed by atoms with van der Waals surface area (Å²) in [6, 6.07) is 18.1. The standard InChI is InChI=1S/C15H15NO/c1-11-15(16,12-7-3-2-4-8-12)13-9-5-6-10-14(13)17-11/h2-11H,16H2,1H3/t11-,15+/m0/s1. The molecule has 2 atom stereocenters. The summed E-state index contributed by atoms with van der Waals surface area (Å²) in [7, 11) is 0. The smallest absolute Gasteiger partial charge is 0.125 e. The summed E-state index contributed by atoms with van der Waals surface area (Å²) in [6.45, 7) is 2.02. The maximum absolute atomic E-state index is 6.61. The predicted octanol–water partition coefficient (Wildman–Crippen LogP) is 2.67. The third-order valence-electron chi connectivity index (χ3n) is 3.53. The summed E-state index contributed by atoms with van der Waals surface area (Å²) >= 11 is 0.